The highest BCUT2D eigenvalue weighted by molar-refractivity contribution is 7.08. The highest BCUT2D eigenvalue weighted by Crippen LogP contribution is 2.30. The molecule has 1 atom stereocenters. The third-order valence-electron chi connectivity index (χ3n) is 3.97. The standard InChI is InChI=1S/C12H17N3OS.ClH/c1-14-6-11(16)15(10-2-5-17-7-10)9-12(14)3-4-13-8-12;/h2,5,7,13H,3-4,6,8-9H2,1H3;1H. The van der Waals surface area contributed by atoms with Gasteiger partial charge in [-0.15, -0.1) is 12.4 Å². The van der Waals surface area contributed by atoms with Crippen molar-refractivity contribution >= 4 is 35.3 Å². The number of rotatable bonds is 1. The molecule has 1 N–H and O–H groups in total. The van der Waals surface area contributed by atoms with Gasteiger partial charge in [0.15, 0.2) is 0 Å². The summed E-state index contributed by atoms with van der Waals surface area (Å²) in [5, 5.41) is 7.50. The number of amides is 1. The van der Waals surface area contributed by atoms with Crippen LogP contribution in [0.25, 0.3) is 0 Å². The Bertz CT molecular complexity index is 417. The summed E-state index contributed by atoms with van der Waals surface area (Å²) in [6.45, 7) is 3.37. The van der Waals surface area contributed by atoms with Crippen LogP contribution in [-0.2, 0) is 4.79 Å². The zero-order valence-corrected chi connectivity index (χ0v) is 12.0. The lowest BCUT2D eigenvalue weighted by molar-refractivity contribution is -0.123. The van der Waals surface area contributed by atoms with Gasteiger partial charge in [-0.2, -0.15) is 11.3 Å². The number of halogens is 1. The molecule has 0 bridgehead atoms. The van der Waals surface area contributed by atoms with Gasteiger partial charge in [0.2, 0.25) is 5.91 Å². The van der Waals surface area contributed by atoms with Crippen molar-refractivity contribution in [2.24, 2.45) is 0 Å². The van der Waals surface area contributed by atoms with E-state index in [1.807, 2.05) is 16.3 Å². The zero-order chi connectivity index (χ0) is 11.9. The number of likely N-dealkylation sites (N-methyl/N-ethyl adjacent to an activating group) is 1. The molecule has 2 aliphatic heterocycles. The third-order valence-corrected chi connectivity index (χ3v) is 4.65. The van der Waals surface area contributed by atoms with Crippen LogP contribution < -0.4 is 10.2 Å². The SMILES string of the molecule is CN1CC(=O)N(c2ccsc2)CC12CCNC2.Cl. The van der Waals surface area contributed by atoms with E-state index >= 15 is 0 Å². The van der Waals surface area contributed by atoms with E-state index in [-0.39, 0.29) is 23.9 Å². The van der Waals surface area contributed by atoms with Crippen LogP contribution in [-0.4, -0.2) is 49.6 Å². The van der Waals surface area contributed by atoms with Gasteiger partial charge in [-0.1, -0.05) is 0 Å². The van der Waals surface area contributed by atoms with Crippen molar-refractivity contribution in [3.05, 3.63) is 16.8 Å². The summed E-state index contributed by atoms with van der Waals surface area (Å²) in [4.78, 5) is 16.3. The molecule has 3 heterocycles. The number of thiophene rings is 1. The molecule has 2 aliphatic rings. The van der Waals surface area contributed by atoms with Gasteiger partial charge < -0.3 is 10.2 Å². The van der Waals surface area contributed by atoms with Crippen LogP contribution in [0, 0.1) is 0 Å². The topological polar surface area (TPSA) is 35.6 Å². The number of carbonyl (C=O) groups excluding carboxylic acids is 1. The minimum atomic E-state index is 0. The number of nitrogens with one attached hydrogen (secondary N) is 1. The van der Waals surface area contributed by atoms with E-state index in [1.165, 1.54) is 0 Å². The minimum Gasteiger partial charge on any atom is -0.315 e. The highest BCUT2D eigenvalue weighted by atomic mass is 35.5. The minimum absolute atomic E-state index is 0. The molecule has 1 amide bonds. The van der Waals surface area contributed by atoms with Gasteiger partial charge in [-0.25, -0.2) is 0 Å². The van der Waals surface area contributed by atoms with E-state index in [2.05, 4.69) is 22.6 Å². The summed E-state index contributed by atoms with van der Waals surface area (Å²) < 4.78 is 0. The Balaban J connectivity index is 0.00000120. The molecule has 18 heavy (non-hydrogen) atoms. The third kappa shape index (κ3) is 2.16. The van der Waals surface area contributed by atoms with E-state index in [0.29, 0.717) is 6.54 Å². The van der Waals surface area contributed by atoms with Crippen LogP contribution in [0.2, 0.25) is 0 Å². The number of anilines is 1. The Morgan fingerprint density at radius 3 is 2.94 bits per heavy atom. The fourth-order valence-electron chi connectivity index (χ4n) is 2.80. The lowest BCUT2D eigenvalue weighted by atomic mass is 9.93. The van der Waals surface area contributed by atoms with Crippen LogP contribution in [0.4, 0.5) is 5.69 Å². The fraction of sp³-hybridized carbons (Fsp3) is 0.583. The average Bonchev–Trinajstić information content (AvgIpc) is 2.96. The molecule has 3 rings (SSSR count). The molecule has 0 radical (unpaired) electrons. The van der Waals surface area contributed by atoms with E-state index in [0.717, 1.165) is 31.7 Å². The summed E-state index contributed by atoms with van der Waals surface area (Å²) in [5.41, 5.74) is 1.19. The fourth-order valence-corrected chi connectivity index (χ4v) is 3.44. The maximum atomic E-state index is 12.1. The molecule has 1 aromatic heterocycles. The molecule has 4 nitrogen and oxygen atoms in total. The van der Waals surface area contributed by atoms with Crippen molar-refractivity contribution in [1.82, 2.24) is 10.2 Å². The molecule has 1 aromatic rings. The molecular weight excluding hydrogens is 270 g/mol. The van der Waals surface area contributed by atoms with Crippen LogP contribution in [0.1, 0.15) is 6.42 Å². The largest absolute Gasteiger partial charge is 0.315 e. The second kappa shape index (κ2) is 5.17. The molecule has 1 spiro atoms. The first kappa shape index (κ1) is 13.8. The van der Waals surface area contributed by atoms with Gasteiger partial charge in [0.05, 0.1) is 17.8 Å². The van der Waals surface area contributed by atoms with Gasteiger partial charge in [0.25, 0.3) is 0 Å². The van der Waals surface area contributed by atoms with Crippen molar-refractivity contribution in [2.75, 3.05) is 38.1 Å². The monoisotopic (exact) mass is 287 g/mol. The quantitative estimate of drug-likeness (QED) is 0.843. The molecule has 6 heteroatoms. The number of hydrogen-bond donors (Lipinski definition) is 1. The van der Waals surface area contributed by atoms with Gasteiger partial charge in [-0.05, 0) is 31.5 Å². The van der Waals surface area contributed by atoms with Crippen molar-refractivity contribution in [2.45, 2.75) is 12.0 Å². The Labute approximate surface area is 117 Å². The van der Waals surface area contributed by atoms with E-state index in [1.54, 1.807) is 11.3 Å². The van der Waals surface area contributed by atoms with Crippen LogP contribution in [0.15, 0.2) is 16.8 Å². The van der Waals surface area contributed by atoms with E-state index in [4.69, 9.17) is 0 Å². The lowest BCUT2D eigenvalue weighted by Gasteiger charge is -2.46. The summed E-state index contributed by atoms with van der Waals surface area (Å²) in [5.74, 6) is 0.212. The van der Waals surface area contributed by atoms with Gasteiger partial charge in [0, 0.05) is 18.5 Å². The average molecular weight is 288 g/mol. The Morgan fingerprint density at radius 1 is 1.50 bits per heavy atom. The van der Waals surface area contributed by atoms with E-state index in [9.17, 15) is 4.79 Å². The molecule has 2 saturated heterocycles. The van der Waals surface area contributed by atoms with Crippen molar-refractivity contribution in [3.8, 4) is 0 Å². The maximum absolute atomic E-state index is 12.1. The Kier molecular flexibility index (Phi) is 3.96. The Hall–Kier alpha value is -0.620. The smallest absolute Gasteiger partial charge is 0.241 e. The maximum Gasteiger partial charge on any atom is 0.241 e. The highest BCUT2D eigenvalue weighted by Gasteiger charge is 2.45. The number of carbonyl (C=O) groups is 1. The molecule has 2 fully saturated rings. The summed E-state index contributed by atoms with van der Waals surface area (Å²) in [6.07, 6.45) is 1.12. The second-order valence-electron chi connectivity index (χ2n) is 4.97. The first-order chi connectivity index (χ1) is 8.21. The van der Waals surface area contributed by atoms with Crippen molar-refractivity contribution in [3.63, 3.8) is 0 Å². The molecule has 0 aromatic carbocycles. The molecule has 0 saturated carbocycles. The van der Waals surface area contributed by atoms with E-state index < -0.39 is 0 Å². The molecule has 1 unspecified atom stereocenters. The molecule has 100 valence electrons. The van der Waals surface area contributed by atoms with Crippen molar-refractivity contribution < 1.29 is 4.79 Å². The van der Waals surface area contributed by atoms with Gasteiger partial charge in [0.1, 0.15) is 0 Å². The zero-order valence-electron chi connectivity index (χ0n) is 10.4. The summed E-state index contributed by atoms with van der Waals surface area (Å²) in [7, 11) is 2.07. The number of hydrogen-bond acceptors (Lipinski definition) is 4. The van der Waals surface area contributed by atoms with Crippen LogP contribution in [0.5, 0.6) is 0 Å². The van der Waals surface area contributed by atoms with Gasteiger partial charge in [-0.3, -0.25) is 9.69 Å². The Morgan fingerprint density at radius 2 is 2.33 bits per heavy atom. The number of nitrogens with zero attached hydrogens (tertiary/aromatic N) is 2. The normalized spacial score (nSPS) is 28.7. The second-order valence-corrected chi connectivity index (χ2v) is 5.75. The number of piperazine rings is 1. The summed E-state index contributed by atoms with van der Waals surface area (Å²) >= 11 is 1.64. The van der Waals surface area contributed by atoms with Gasteiger partial charge >= 0.3 is 0 Å². The lowest BCUT2D eigenvalue weighted by Crippen LogP contribution is -2.64. The predicted molar refractivity (Wildman–Crippen MR) is 76.8 cm³/mol. The van der Waals surface area contributed by atoms with Crippen LogP contribution >= 0.6 is 23.7 Å². The first-order valence-corrected chi connectivity index (χ1v) is 6.90. The van der Waals surface area contributed by atoms with Crippen molar-refractivity contribution in [1.29, 1.82) is 0 Å². The molecule has 0 aliphatic carbocycles. The summed E-state index contributed by atoms with van der Waals surface area (Å²) in [6, 6.07) is 2.03. The molecular formula is C12H18ClN3OS. The first-order valence-electron chi connectivity index (χ1n) is 5.96. The van der Waals surface area contributed by atoms with Crippen LogP contribution in [0.3, 0.4) is 0 Å². The predicted octanol–water partition coefficient (Wildman–Crippen LogP) is 1.18.